The monoisotopic (exact) mass is 590 g/mol. The van der Waals surface area contributed by atoms with Crippen molar-refractivity contribution >= 4 is 64.7 Å². The van der Waals surface area contributed by atoms with Crippen molar-refractivity contribution < 1.29 is 21.6 Å². The molecule has 0 aromatic heterocycles. The minimum atomic E-state index is -3.95. The third kappa shape index (κ3) is 6.89. The van der Waals surface area contributed by atoms with Crippen LogP contribution in [0.3, 0.4) is 0 Å². The lowest BCUT2D eigenvalue weighted by atomic mass is 10.2. The van der Waals surface area contributed by atoms with Gasteiger partial charge in [-0.05, 0) is 83.0 Å². The van der Waals surface area contributed by atoms with Gasteiger partial charge in [0, 0.05) is 10.2 Å². The standard InChI is InChI=1S/C22H19BrN6O5S2/c1-14-5-10-19(23)20(11-14)29-36(33,34)18-4-2-3-16(12-18)27-28-21(13-24)22(30)26-15-6-8-17(9-7-15)35(25,31)32/h2-12,27,29H,1H3,(H,26,30)(H2,25,31,32). The van der Waals surface area contributed by atoms with E-state index in [9.17, 15) is 26.9 Å². The summed E-state index contributed by atoms with van der Waals surface area (Å²) in [5, 5.41) is 20.5. The van der Waals surface area contributed by atoms with Crippen LogP contribution in [0.1, 0.15) is 5.56 Å². The normalized spacial score (nSPS) is 11.9. The lowest BCUT2D eigenvalue weighted by molar-refractivity contribution is -0.110. The molecule has 0 aliphatic rings. The van der Waals surface area contributed by atoms with E-state index in [-0.39, 0.29) is 21.2 Å². The number of benzene rings is 3. The zero-order valence-electron chi connectivity index (χ0n) is 18.6. The first-order valence-corrected chi connectivity index (χ1v) is 13.8. The van der Waals surface area contributed by atoms with Crippen LogP contribution in [0, 0.1) is 18.3 Å². The SMILES string of the molecule is Cc1ccc(Br)c(NS(=O)(=O)c2cccc(NN=C(C#N)C(=O)Nc3ccc(S(N)(=O)=O)cc3)c2)c1. The quantitative estimate of drug-likeness (QED) is 0.229. The molecule has 3 aromatic carbocycles. The van der Waals surface area contributed by atoms with Crippen molar-refractivity contribution in [3.8, 4) is 6.07 Å². The molecule has 0 spiro atoms. The van der Waals surface area contributed by atoms with Crippen LogP contribution in [-0.4, -0.2) is 28.5 Å². The Kier molecular flexibility index (Phi) is 8.10. The zero-order chi connectivity index (χ0) is 26.5. The summed E-state index contributed by atoms with van der Waals surface area (Å²) in [4.78, 5) is 12.2. The van der Waals surface area contributed by atoms with Gasteiger partial charge in [-0.2, -0.15) is 10.4 Å². The molecule has 0 saturated carbocycles. The summed E-state index contributed by atoms with van der Waals surface area (Å²) in [6, 6.07) is 17.5. The van der Waals surface area contributed by atoms with Crippen LogP contribution < -0.4 is 20.6 Å². The molecule has 1 amide bonds. The molecule has 0 heterocycles. The smallest absolute Gasteiger partial charge is 0.287 e. The summed E-state index contributed by atoms with van der Waals surface area (Å²) in [6.45, 7) is 1.83. The number of hydrogen-bond acceptors (Lipinski definition) is 8. The van der Waals surface area contributed by atoms with Gasteiger partial charge in [0.15, 0.2) is 0 Å². The van der Waals surface area contributed by atoms with Gasteiger partial charge in [0.25, 0.3) is 15.9 Å². The maximum absolute atomic E-state index is 12.9. The van der Waals surface area contributed by atoms with Crippen molar-refractivity contribution in [1.82, 2.24) is 0 Å². The van der Waals surface area contributed by atoms with Crippen LogP contribution in [0.15, 0.2) is 86.1 Å². The Balaban J connectivity index is 1.74. The molecule has 186 valence electrons. The maximum Gasteiger partial charge on any atom is 0.287 e. The molecule has 0 bridgehead atoms. The van der Waals surface area contributed by atoms with E-state index in [0.717, 1.165) is 5.56 Å². The van der Waals surface area contributed by atoms with E-state index < -0.39 is 31.7 Å². The highest BCUT2D eigenvalue weighted by molar-refractivity contribution is 9.10. The Morgan fingerprint density at radius 3 is 2.31 bits per heavy atom. The molecule has 0 radical (unpaired) electrons. The van der Waals surface area contributed by atoms with E-state index in [1.165, 1.54) is 48.5 Å². The fraction of sp³-hybridized carbons (Fsp3) is 0.0455. The number of primary sulfonamides is 1. The number of halogens is 1. The van der Waals surface area contributed by atoms with E-state index in [4.69, 9.17) is 5.14 Å². The molecule has 0 atom stereocenters. The number of hydrazone groups is 1. The third-order valence-electron chi connectivity index (χ3n) is 4.57. The maximum atomic E-state index is 12.9. The molecule has 0 saturated heterocycles. The Morgan fingerprint density at radius 2 is 1.67 bits per heavy atom. The van der Waals surface area contributed by atoms with Crippen LogP contribution in [0.25, 0.3) is 0 Å². The number of nitrogens with zero attached hydrogens (tertiary/aromatic N) is 2. The van der Waals surface area contributed by atoms with Crippen molar-refractivity contribution in [2.45, 2.75) is 16.7 Å². The van der Waals surface area contributed by atoms with Crippen molar-refractivity contribution in [2.75, 3.05) is 15.5 Å². The van der Waals surface area contributed by atoms with Gasteiger partial charge in [-0.1, -0.05) is 12.1 Å². The first-order valence-electron chi connectivity index (χ1n) is 9.96. The van der Waals surface area contributed by atoms with Crippen molar-refractivity contribution in [2.24, 2.45) is 10.2 Å². The van der Waals surface area contributed by atoms with Gasteiger partial charge in [0.2, 0.25) is 15.7 Å². The van der Waals surface area contributed by atoms with E-state index in [1.807, 2.05) is 13.0 Å². The zero-order valence-corrected chi connectivity index (χ0v) is 21.8. The van der Waals surface area contributed by atoms with Crippen LogP contribution >= 0.6 is 15.9 Å². The predicted molar refractivity (Wildman–Crippen MR) is 139 cm³/mol. The fourth-order valence-electron chi connectivity index (χ4n) is 2.82. The number of nitrogens with two attached hydrogens (primary N) is 1. The van der Waals surface area contributed by atoms with Gasteiger partial charge in [-0.25, -0.2) is 22.0 Å². The molecule has 0 unspecified atom stereocenters. The molecule has 3 rings (SSSR count). The van der Waals surface area contributed by atoms with Gasteiger partial charge in [0.05, 0.1) is 21.2 Å². The summed E-state index contributed by atoms with van der Waals surface area (Å²) in [6.07, 6.45) is 0. The minimum absolute atomic E-state index is 0.0750. The average Bonchev–Trinajstić information content (AvgIpc) is 2.81. The summed E-state index contributed by atoms with van der Waals surface area (Å²) in [5.41, 5.74) is 3.59. The number of rotatable bonds is 8. The molecule has 3 aromatic rings. The van der Waals surface area contributed by atoms with E-state index >= 15 is 0 Å². The first-order chi connectivity index (χ1) is 16.9. The summed E-state index contributed by atoms with van der Waals surface area (Å²) in [5.74, 6) is -0.872. The second kappa shape index (κ2) is 10.9. The number of anilines is 3. The molecule has 14 heteroatoms. The molecule has 0 fully saturated rings. The number of nitriles is 1. The predicted octanol–water partition coefficient (Wildman–Crippen LogP) is 3.14. The molecule has 0 aliphatic heterocycles. The second-order valence-corrected chi connectivity index (χ2v) is 11.4. The highest BCUT2D eigenvalue weighted by Crippen LogP contribution is 2.27. The molecule has 0 aliphatic carbocycles. The van der Waals surface area contributed by atoms with E-state index in [2.05, 4.69) is 36.5 Å². The first kappa shape index (κ1) is 26.8. The van der Waals surface area contributed by atoms with Crippen LogP contribution in [0.2, 0.25) is 0 Å². The molecular weight excluding hydrogens is 572 g/mol. The molecule has 5 N–H and O–H groups in total. The lowest BCUT2D eigenvalue weighted by Crippen LogP contribution is -2.22. The highest BCUT2D eigenvalue weighted by atomic mass is 79.9. The Labute approximate surface area is 216 Å². The van der Waals surface area contributed by atoms with Gasteiger partial charge in [-0.3, -0.25) is 14.9 Å². The van der Waals surface area contributed by atoms with Crippen LogP contribution in [-0.2, 0) is 24.8 Å². The van der Waals surface area contributed by atoms with Crippen molar-refractivity contribution in [3.63, 3.8) is 0 Å². The van der Waals surface area contributed by atoms with E-state index in [1.54, 1.807) is 18.2 Å². The van der Waals surface area contributed by atoms with Crippen molar-refractivity contribution in [1.29, 1.82) is 5.26 Å². The largest absolute Gasteiger partial charge is 0.320 e. The summed E-state index contributed by atoms with van der Waals surface area (Å²) < 4.78 is 51.4. The number of sulfonamides is 2. The van der Waals surface area contributed by atoms with Gasteiger partial charge < -0.3 is 5.32 Å². The number of carbonyl (C=O) groups is 1. The minimum Gasteiger partial charge on any atom is -0.320 e. The third-order valence-corrected chi connectivity index (χ3v) is 7.55. The molecular formula is C22H19BrN6O5S2. The fourth-order valence-corrected chi connectivity index (χ4v) is 4.93. The highest BCUT2D eigenvalue weighted by Gasteiger charge is 2.17. The van der Waals surface area contributed by atoms with Gasteiger partial charge in [0.1, 0.15) is 6.07 Å². The Hall–Kier alpha value is -3.77. The Morgan fingerprint density at radius 1 is 0.972 bits per heavy atom. The Bertz CT molecular complexity index is 1600. The number of carbonyl (C=O) groups excluding carboxylic acids is 1. The number of amides is 1. The lowest BCUT2D eigenvalue weighted by Gasteiger charge is -2.11. The van der Waals surface area contributed by atoms with Gasteiger partial charge >= 0.3 is 0 Å². The summed E-state index contributed by atoms with van der Waals surface area (Å²) >= 11 is 3.31. The topological polar surface area (TPSA) is 184 Å². The second-order valence-electron chi connectivity index (χ2n) is 7.32. The number of hydrogen-bond donors (Lipinski definition) is 4. The average molecular weight is 591 g/mol. The summed E-state index contributed by atoms with van der Waals surface area (Å²) in [7, 11) is -7.85. The van der Waals surface area contributed by atoms with Crippen LogP contribution in [0.5, 0.6) is 0 Å². The molecule has 11 nitrogen and oxygen atoms in total. The molecule has 36 heavy (non-hydrogen) atoms. The van der Waals surface area contributed by atoms with Crippen LogP contribution in [0.4, 0.5) is 17.1 Å². The number of nitrogens with one attached hydrogen (secondary N) is 3. The van der Waals surface area contributed by atoms with Crippen molar-refractivity contribution in [3.05, 3.63) is 76.8 Å². The van der Waals surface area contributed by atoms with Gasteiger partial charge in [-0.15, -0.1) is 0 Å². The number of aryl methyl sites for hydroxylation is 1. The van der Waals surface area contributed by atoms with E-state index in [0.29, 0.717) is 10.2 Å².